The molecule has 0 fully saturated rings. The van der Waals surface area contributed by atoms with Gasteiger partial charge in [-0.15, -0.1) is 0 Å². The molecule has 0 aromatic heterocycles. The van der Waals surface area contributed by atoms with Crippen molar-refractivity contribution in [1.29, 1.82) is 0 Å². The summed E-state index contributed by atoms with van der Waals surface area (Å²) in [4.78, 5) is 2.54. The molecule has 0 aromatic carbocycles. The van der Waals surface area contributed by atoms with Crippen LogP contribution in [0, 0.1) is 5.92 Å². The zero-order valence-corrected chi connectivity index (χ0v) is 15.6. The van der Waals surface area contributed by atoms with Gasteiger partial charge in [0, 0.05) is 0 Å². The summed E-state index contributed by atoms with van der Waals surface area (Å²) in [6.07, 6.45) is 18.5. The maximum absolute atomic E-state index is 2.54. The average molecular weight is 298 g/mol. The van der Waals surface area contributed by atoms with Crippen LogP contribution in [0.25, 0.3) is 0 Å². The van der Waals surface area contributed by atoms with E-state index in [0.29, 0.717) is 0 Å². The summed E-state index contributed by atoms with van der Waals surface area (Å²) in [5.74, 6) is 0.884. The second-order valence-corrected chi connectivity index (χ2v) is 7.37. The van der Waals surface area contributed by atoms with Crippen molar-refractivity contribution in [2.45, 2.75) is 104 Å². The summed E-state index contributed by atoms with van der Waals surface area (Å²) in [6, 6.07) is 0. The molecule has 0 aromatic rings. The Hall–Kier alpha value is -0.0400. The fraction of sp³-hybridized carbons (Fsp3) is 1.00. The molecular weight excluding hydrogens is 254 g/mol. The van der Waals surface area contributed by atoms with Crippen LogP contribution >= 0.6 is 0 Å². The Morgan fingerprint density at radius 2 is 1.05 bits per heavy atom. The van der Waals surface area contributed by atoms with Crippen molar-refractivity contribution in [3.05, 3.63) is 0 Å². The van der Waals surface area contributed by atoms with Gasteiger partial charge in [-0.2, -0.15) is 0 Å². The van der Waals surface area contributed by atoms with Gasteiger partial charge < -0.3 is 4.90 Å². The lowest BCUT2D eigenvalue weighted by Gasteiger charge is -2.16. The van der Waals surface area contributed by atoms with E-state index in [1.807, 2.05) is 0 Å². The van der Waals surface area contributed by atoms with Gasteiger partial charge in [0.15, 0.2) is 0 Å². The molecule has 0 saturated heterocycles. The molecule has 0 bridgehead atoms. The highest BCUT2D eigenvalue weighted by atomic mass is 15.1. The normalized spacial score (nSPS) is 11.7. The Bertz CT molecular complexity index is 188. The van der Waals surface area contributed by atoms with Crippen LogP contribution in [0.1, 0.15) is 104 Å². The van der Waals surface area contributed by atoms with Crippen molar-refractivity contribution in [2.24, 2.45) is 5.92 Å². The fourth-order valence-electron chi connectivity index (χ4n) is 2.92. The van der Waals surface area contributed by atoms with Crippen LogP contribution in [0.5, 0.6) is 0 Å². The Morgan fingerprint density at radius 3 is 1.52 bits per heavy atom. The molecule has 21 heavy (non-hydrogen) atoms. The predicted molar refractivity (Wildman–Crippen MR) is 98.0 cm³/mol. The van der Waals surface area contributed by atoms with Crippen molar-refractivity contribution in [3.63, 3.8) is 0 Å². The zero-order valence-electron chi connectivity index (χ0n) is 15.6. The Labute approximate surface area is 135 Å². The SMILES string of the molecule is CCCCCCCCCCN(C)CCCCCCC(C)C. The minimum absolute atomic E-state index is 0.884. The number of hydrogen-bond donors (Lipinski definition) is 0. The van der Waals surface area contributed by atoms with Gasteiger partial charge in [-0.25, -0.2) is 0 Å². The summed E-state index contributed by atoms with van der Waals surface area (Å²) >= 11 is 0. The van der Waals surface area contributed by atoms with Gasteiger partial charge in [0.05, 0.1) is 0 Å². The first kappa shape index (κ1) is 21.0. The van der Waals surface area contributed by atoms with Crippen molar-refractivity contribution >= 4 is 0 Å². The van der Waals surface area contributed by atoms with Gasteiger partial charge >= 0.3 is 0 Å². The monoisotopic (exact) mass is 297 g/mol. The van der Waals surface area contributed by atoms with Gasteiger partial charge in [0.1, 0.15) is 0 Å². The summed E-state index contributed by atoms with van der Waals surface area (Å²) in [5.41, 5.74) is 0. The molecule has 0 amide bonds. The average Bonchev–Trinajstić information content (AvgIpc) is 2.45. The highest BCUT2D eigenvalue weighted by Crippen LogP contribution is 2.11. The molecular formula is C20H43N. The maximum Gasteiger partial charge on any atom is -0.00218 e. The van der Waals surface area contributed by atoms with E-state index >= 15 is 0 Å². The molecule has 1 heteroatoms. The van der Waals surface area contributed by atoms with E-state index in [-0.39, 0.29) is 0 Å². The minimum atomic E-state index is 0.884. The summed E-state index contributed by atoms with van der Waals surface area (Å²) in [7, 11) is 2.30. The molecule has 128 valence electrons. The van der Waals surface area contributed by atoms with E-state index in [2.05, 4.69) is 32.7 Å². The molecule has 0 atom stereocenters. The third kappa shape index (κ3) is 17.9. The van der Waals surface area contributed by atoms with Gasteiger partial charge in [-0.1, -0.05) is 91.4 Å². The molecule has 1 nitrogen and oxygen atoms in total. The molecule has 0 unspecified atom stereocenters. The van der Waals surface area contributed by atoms with Crippen molar-refractivity contribution in [1.82, 2.24) is 4.90 Å². The summed E-state index contributed by atoms with van der Waals surface area (Å²) < 4.78 is 0. The van der Waals surface area contributed by atoms with Crippen LogP contribution in [0.4, 0.5) is 0 Å². The van der Waals surface area contributed by atoms with Crippen LogP contribution in [0.2, 0.25) is 0 Å². The lowest BCUT2D eigenvalue weighted by molar-refractivity contribution is 0.313. The lowest BCUT2D eigenvalue weighted by Crippen LogP contribution is -2.20. The Morgan fingerprint density at radius 1 is 0.619 bits per heavy atom. The van der Waals surface area contributed by atoms with Crippen molar-refractivity contribution < 1.29 is 0 Å². The minimum Gasteiger partial charge on any atom is -0.306 e. The van der Waals surface area contributed by atoms with E-state index in [1.54, 1.807) is 0 Å². The van der Waals surface area contributed by atoms with Gasteiger partial charge in [0.25, 0.3) is 0 Å². The number of hydrogen-bond acceptors (Lipinski definition) is 1. The smallest absolute Gasteiger partial charge is 0.00218 e. The maximum atomic E-state index is 2.54. The molecule has 0 aliphatic carbocycles. The van der Waals surface area contributed by atoms with Gasteiger partial charge in [0.2, 0.25) is 0 Å². The second-order valence-electron chi connectivity index (χ2n) is 7.37. The highest BCUT2D eigenvalue weighted by Gasteiger charge is 1.99. The molecule has 0 heterocycles. The van der Waals surface area contributed by atoms with Crippen LogP contribution in [-0.4, -0.2) is 25.0 Å². The number of nitrogens with zero attached hydrogens (tertiary/aromatic N) is 1. The van der Waals surface area contributed by atoms with Crippen LogP contribution in [0.3, 0.4) is 0 Å². The van der Waals surface area contributed by atoms with Crippen molar-refractivity contribution in [3.8, 4) is 0 Å². The van der Waals surface area contributed by atoms with Crippen molar-refractivity contribution in [2.75, 3.05) is 20.1 Å². The number of rotatable bonds is 16. The quantitative estimate of drug-likeness (QED) is 0.288. The topological polar surface area (TPSA) is 3.24 Å². The first-order valence-corrected chi connectivity index (χ1v) is 9.85. The standard InChI is InChI=1S/C20H43N/c1-5-6-7-8-9-10-12-15-18-21(4)19-16-13-11-14-17-20(2)3/h20H,5-19H2,1-4H3. The molecule has 0 aliphatic heterocycles. The van der Waals surface area contributed by atoms with E-state index in [9.17, 15) is 0 Å². The molecule has 0 aliphatic rings. The first-order chi connectivity index (χ1) is 10.2. The second kappa shape index (κ2) is 16.3. The first-order valence-electron chi connectivity index (χ1n) is 9.85. The predicted octanol–water partition coefficient (Wildman–Crippen LogP) is 6.67. The third-order valence-corrected chi connectivity index (χ3v) is 4.46. The molecule has 0 spiro atoms. The van der Waals surface area contributed by atoms with Crippen LogP contribution in [-0.2, 0) is 0 Å². The fourth-order valence-corrected chi connectivity index (χ4v) is 2.92. The zero-order chi connectivity index (χ0) is 15.8. The Balaban J connectivity index is 3.14. The summed E-state index contributed by atoms with van der Waals surface area (Å²) in [5, 5.41) is 0. The summed E-state index contributed by atoms with van der Waals surface area (Å²) in [6.45, 7) is 9.56. The molecule has 0 saturated carbocycles. The number of unbranched alkanes of at least 4 members (excludes halogenated alkanes) is 10. The largest absolute Gasteiger partial charge is 0.306 e. The Kier molecular flexibility index (Phi) is 16.3. The van der Waals surface area contributed by atoms with E-state index in [1.165, 1.54) is 96.6 Å². The lowest BCUT2D eigenvalue weighted by atomic mass is 10.0. The van der Waals surface area contributed by atoms with Crippen LogP contribution in [0.15, 0.2) is 0 Å². The van der Waals surface area contributed by atoms with Gasteiger partial charge in [-0.3, -0.25) is 0 Å². The molecule has 0 radical (unpaired) electrons. The van der Waals surface area contributed by atoms with E-state index in [0.717, 1.165) is 5.92 Å². The highest BCUT2D eigenvalue weighted by molar-refractivity contribution is 4.55. The van der Waals surface area contributed by atoms with Crippen LogP contribution < -0.4 is 0 Å². The van der Waals surface area contributed by atoms with Gasteiger partial charge in [-0.05, 0) is 38.9 Å². The van der Waals surface area contributed by atoms with E-state index < -0.39 is 0 Å². The molecule has 0 N–H and O–H groups in total. The third-order valence-electron chi connectivity index (χ3n) is 4.46. The molecule has 0 rings (SSSR count). The van der Waals surface area contributed by atoms with E-state index in [4.69, 9.17) is 0 Å².